The highest BCUT2D eigenvalue weighted by Gasteiger charge is 2.26. The molecule has 0 atom stereocenters. The molecule has 0 unspecified atom stereocenters. The summed E-state index contributed by atoms with van der Waals surface area (Å²) < 4.78 is 18.2. The molecule has 13 nitrogen and oxygen atoms in total. The number of piperidine rings is 1. The minimum Gasteiger partial charge on any atom is -0.493 e. The number of nitrogen functional groups attached to an aromatic ring is 1. The van der Waals surface area contributed by atoms with Gasteiger partial charge in [-0.05, 0) is 87.9 Å². The van der Waals surface area contributed by atoms with Crippen LogP contribution < -0.4 is 20.6 Å². The van der Waals surface area contributed by atoms with Crippen LogP contribution in [0.15, 0.2) is 50.6 Å². The van der Waals surface area contributed by atoms with E-state index in [0.717, 1.165) is 37.1 Å². The number of hydrogen-bond acceptors (Lipinski definition) is 11. The number of hydrazone groups is 1. The molecule has 1 saturated heterocycles. The first-order valence-electron chi connectivity index (χ1n) is 13.1. The number of likely N-dealkylation sites (tertiary alicyclic amines) is 1. The Balaban J connectivity index is 1.33. The molecule has 2 aromatic heterocycles. The maximum Gasteiger partial charge on any atom is 0.292 e. The summed E-state index contributed by atoms with van der Waals surface area (Å²) in [6, 6.07) is 11.6. The van der Waals surface area contributed by atoms with Crippen LogP contribution in [-0.2, 0) is 13.2 Å². The lowest BCUT2D eigenvalue weighted by molar-refractivity contribution is 0.0944. The van der Waals surface area contributed by atoms with Crippen molar-refractivity contribution in [2.75, 3.05) is 25.9 Å². The molecule has 14 heteroatoms. The Hall–Kier alpha value is -4.30. The molecule has 0 aliphatic carbocycles. The van der Waals surface area contributed by atoms with Gasteiger partial charge in [-0.3, -0.25) is 9.69 Å². The molecule has 1 fully saturated rings. The second-order valence-electron chi connectivity index (χ2n) is 9.55. The molecular formula is C27H30BrN9O4. The van der Waals surface area contributed by atoms with Gasteiger partial charge < -0.3 is 15.2 Å². The SMILES string of the molecule is COc1cc(C=NNC(=O)c2c(CN3CCCCC3)nnn2-c2nonc2N)cc(Br)c1OCc1ccccc1C. The minimum atomic E-state index is -0.537. The fourth-order valence-corrected chi connectivity index (χ4v) is 5.13. The van der Waals surface area contributed by atoms with Gasteiger partial charge in [0.15, 0.2) is 17.2 Å². The topological polar surface area (TPSA) is 159 Å². The van der Waals surface area contributed by atoms with Crippen molar-refractivity contribution >= 4 is 33.9 Å². The van der Waals surface area contributed by atoms with Crippen LogP contribution in [-0.4, -0.2) is 62.5 Å². The van der Waals surface area contributed by atoms with E-state index >= 15 is 0 Å². The predicted molar refractivity (Wildman–Crippen MR) is 154 cm³/mol. The fourth-order valence-electron chi connectivity index (χ4n) is 4.56. The molecule has 1 aliphatic heterocycles. The van der Waals surface area contributed by atoms with Crippen LogP contribution >= 0.6 is 15.9 Å². The van der Waals surface area contributed by atoms with Gasteiger partial charge in [0.05, 0.1) is 17.8 Å². The number of rotatable bonds is 10. The van der Waals surface area contributed by atoms with Gasteiger partial charge in [-0.2, -0.15) is 9.78 Å². The number of aryl methyl sites for hydroxylation is 1. The molecule has 1 amide bonds. The van der Waals surface area contributed by atoms with Gasteiger partial charge in [0.1, 0.15) is 12.3 Å². The number of carbonyl (C=O) groups excluding carboxylic acids is 1. The zero-order valence-corrected chi connectivity index (χ0v) is 24.3. The molecule has 0 spiro atoms. The Morgan fingerprint density at radius 3 is 2.76 bits per heavy atom. The maximum atomic E-state index is 13.4. The highest BCUT2D eigenvalue weighted by atomic mass is 79.9. The molecule has 41 heavy (non-hydrogen) atoms. The number of aromatic nitrogens is 5. The quantitative estimate of drug-likeness (QED) is 0.197. The van der Waals surface area contributed by atoms with Gasteiger partial charge in [0, 0.05) is 6.54 Å². The monoisotopic (exact) mass is 623 g/mol. The fraction of sp³-hybridized carbons (Fsp3) is 0.333. The lowest BCUT2D eigenvalue weighted by Crippen LogP contribution is -2.31. The number of methoxy groups -OCH3 is 1. The first-order chi connectivity index (χ1) is 19.9. The Morgan fingerprint density at radius 2 is 2.02 bits per heavy atom. The van der Waals surface area contributed by atoms with Crippen molar-refractivity contribution in [3.05, 3.63) is 68.9 Å². The van der Waals surface area contributed by atoms with Gasteiger partial charge in [0.25, 0.3) is 5.91 Å². The predicted octanol–water partition coefficient (Wildman–Crippen LogP) is 3.64. The summed E-state index contributed by atoms with van der Waals surface area (Å²) in [5.74, 6) is 0.601. The normalized spacial score (nSPS) is 13.9. The molecule has 3 heterocycles. The second-order valence-corrected chi connectivity index (χ2v) is 10.4. The van der Waals surface area contributed by atoms with Gasteiger partial charge in [-0.15, -0.1) is 5.10 Å². The number of ether oxygens (including phenoxy) is 2. The van der Waals surface area contributed by atoms with Gasteiger partial charge in [-0.25, -0.2) is 10.1 Å². The van der Waals surface area contributed by atoms with Crippen molar-refractivity contribution in [1.29, 1.82) is 0 Å². The van der Waals surface area contributed by atoms with E-state index in [1.54, 1.807) is 13.2 Å². The molecule has 214 valence electrons. The Morgan fingerprint density at radius 1 is 1.22 bits per heavy atom. The average molecular weight is 624 g/mol. The molecule has 2 aromatic carbocycles. The number of benzene rings is 2. The molecule has 5 rings (SSSR count). The number of anilines is 1. The lowest BCUT2D eigenvalue weighted by Gasteiger charge is -2.25. The molecule has 4 aromatic rings. The van der Waals surface area contributed by atoms with E-state index in [1.807, 2.05) is 37.3 Å². The summed E-state index contributed by atoms with van der Waals surface area (Å²) in [7, 11) is 1.56. The lowest BCUT2D eigenvalue weighted by atomic mass is 10.1. The highest BCUT2D eigenvalue weighted by Crippen LogP contribution is 2.37. The van der Waals surface area contributed by atoms with Gasteiger partial charge in [0.2, 0.25) is 11.6 Å². The second kappa shape index (κ2) is 12.9. The summed E-state index contributed by atoms with van der Waals surface area (Å²) in [4.78, 5) is 15.6. The van der Waals surface area contributed by atoms with Crippen molar-refractivity contribution in [2.45, 2.75) is 39.3 Å². The van der Waals surface area contributed by atoms with Crippen LogP contribution in [0.3, 0.4) is 0 Å². The van der Waals surface area contributed by atoms with E-state index < -0.39 is 5.91 Å². The van der Waals surface area contributed by atoms with E-state index in [4.69, 9.17) is 19.8 Å². The molecule has 1 aliphatic rings. The highest BCUT2D eigenvalue weighted by molar-refractivity contribution is 9.10. The van der Waals surface area contributed by atoms with Crippen LogP contribution in [0.4, 0.5) is 5.82 Å². The van der Waals surface area contributed by atoms with Crippen LogP contribution in [0.2, 0.25) is 0 Å². The molecular weight excluding hydrogens is 594 g/mol. The third-order valence-electron chi connectivity index (χ3n) is 6.74. The number of nitrogens with one attached hydrogen (secondary N) is 1. The summed E-state index contributed by atoms with van der Waals surface area (Å²) in [5.41, 5.74) is 11.9. The largest absolute Gasteiger partial charge is 0.493 e. The Bertz CT molecular complexity index is 1550. The number of nitrogens with two attached hydrogens (primary N) is 1. The standard InChI is InChI=1S/C27H30BrN9O4/c1-17-8-4-5-9-19(17)16-40-24-20(28)12-18(13-22(24)39-2)14-30-32-27(38)23-21(15-36-10-6-3-7-11-36)31-35-37(23)26-25(29)33-41-34-26/h4-5,8-9,12-14H,3,6-7,10-11,15-16H2,1-2H3,(H2,29,33)(H,32,38). The smallest absolute Gasteiger partial charge is 0.292 e. The zero-order chi connectivity index (χ0) is 28.8. The summed E-state index contributed by atoms with van der Waals surface area (Å²) in [5, 5.41) is 19.9. The first kappa shape index (κ1) is 28.2. The third-order valence-corrected chi connectivity index (χ3v) is 7.33. The summed E-state index contributed by atoms with van der Waals surface area (Å²) >= 11 is 3.57. The van der Waals surface area contributed by atoms with Crippen molar-refractivity contribution in [3.8, 4) is 17.3 Å². The third kappa shape index (κ3) is 6.55. The van der Waals surface area contributed by atoms with Crippen LogP contribution in [0.25, 0.3) is 5.82 Å². The minimum absolute atomic E-state index is 0.0151. The number of hydrogen-bond donors (Lipinski definition) is 2. The van der Waals surface area contributed by atoms with E-state index in [1.165, 1.54) is 17.3 Å². The number of carbonyl (C=O) groups is 1. The average Bonchev–Trinajstić information content (AvgIpc) is 3.59. The van der Waals surface area contributed by atoms with Gasteiger partial charge >= 0.3 is 0 Å². The van der Waals surface area contributed by atoms with Gasteiger partial charge in [-0.1, -0.05) is 35.9 Å². The number of halogens is 1. The summed E-state index contributed by atoms with van der Waals surface area (Å²) in [6.07, 6.45) is 4.87. The van der Waals surface area contributed by atoms with E-state index in [2.05, 4.69) is 52.0 Å². The van der Waals surface area contributed by atoms with E-state index in [0.29, 0.717) is 40.4 Å². The van der Waals surface area contributed by atoms with Crippen LogP contribution in [0, 0.1) is 6.92 Å². The maximum absolute atomic E-state index is 13.4. The Kier molecular flexibility index (Phi) is 8.89. The van der Waals surface area contributed by atoms with Crippen LogP contribution in [0.5, 0.6) is 11.5 Å². The number of amides is 1. The summed E-state index contributed by atoms with van der Waals surface area (Å²) in [6.45, 7) is 4.71. The van der Waals surface area contributed by atoms with E-state index in [-0.39, 0.29) is 17.3 Å². The first-order valence-corrected chi connectivity index (χ1v) is 13.9. The molecule has 0 bridgehead atoms. The van der Waals surface area contributed by atoms with Crippen molar-refractivity contribution in [2.24, 2.45) is 5.10 Å². The zero-order valence-electron chi connectivity index (χ0n) is 22.7. The molecule has 0 radical (unpaired) electrons. The number of nitrogens with zero attached hydrogens (tertiary/aromatic N) is 7. The molecule has 3 N–H and O–H groups in total. The van der Waals surface area contributed by atoms with Crippen molar-refractivity contribution in [3.63, 3.8) is 0 Å². The van der Waals surface area contributed by atoms with E-state index in [9.17, 15) is 4.79 Å². The Labute approximate surface area is 244 Å². The van der Waals surface area contributed by atoms with Crippen LogP contribution in [0.1, 0.15) is 52.1 Å². The van der Waals surface area contributed by atoms with Crippen molar-refractivity contribution < 1.29 is 18.9 Å². The molecule has 0 saturated carbocycles. The van der Waals surface area contributed by atoms with Crippen molar-refractivity contribution in [1.82, 2.24) is 35.6 Å².